The van der Waals surface area contributed by atoms with Crippen molar-refractivity contribution in [1.29, 1.82) is 0 Å². The number of hydrogen-bond donors (Lipinski definition) is 1. The van der Waals surface area contributed by atoms with E-state index in [-0.39, 0.29) is 6.04 Å². The Bertz CT molecular complexity index is 827. The highest BCUT2D eigenvalue weighted by molar-refractivity contribution is 7.80. The zero-order valence-electron chi connectivity index (χ0n) is 14.5. The van der Waals surface area contributed by atoms with E-state index in [1.807, 2.05) is 61.3 Å². The fraction of sp³-hybridized carbons (Fsp3) is 0.263. The summed E-state index contributed by atoms with van der Waals surface area (Å²) in [7, 11) is 1.99. The Morgan fingerprint density at radius 1 is 1.24 bits per heavy atom. The number of anilines is 1. The highest BCUT2D eigenvalue weighted by atomic mass is 32.1. The minimum Gasteiger partial charge on any atom is -0.494 e. The molecule has 0 aliphatic rings. The van der Waals surface area contributed by atoms with E-state index in [0.717, 1.165) is 22.0 Å². The van der Waals surface area contributed by atoms with Crippen LogP contribution in [0.1, 0.15) is 24.9 Å². The highest BCUT2D eigenvalue weighted by Gasteiger charge is 2.18. The summed E-state index contributed by atoms with van der Waals surface area (Å²) in [5.41, 5.74) is 1.98. The van der Waals surface area contributed by atoms with Crippen LogP contribution in [0, 0.1) is 0 Å². The van der Waals surface area contributed by atoms with Crippen LogP contribution >= 0.6 is 23.6 Å². The fourth-order valence-electron chi connectivity index (χ4n) is 2.42. The van der Waals surface area contributed by atoms with Gasteiger partial charge in [-0.25, -0.2) is 4.98 Å². The lowest BCUT2D eigenvalue weighted by Crippen LogP contribution is -2.33. The molecule has 0 aliphatic carbocycles. The van der Waals surface area contributed by atoms with Crippen LogP contribution in [0.25, 0.3) is 10.2 Å². The maximum atomic E-state index is 5.56. The van der Waals surface area contributed by atoms with Gasteiger partial charge >= 0.3 is 0 Å². The van der Waals surface area contributed by atoms with Gasteiger partial charge in [0.1, 0.15) is 10.8 Å². The van der Waals surface area contributed by atoms with Crippen molar-refractivity contribution in [2.45, 2.75) is 19.9 Å². The molecule has 4 nitrogen and oxygen atoms in total. The number of benzene rings is 2. The average Bonchev–Trinajstić information content (AvgIpc) is 3.06. The number of ether oxygens (including phenoxy) is 1. The van der Waals surface area contributed by atoms with Gasteiger partial charge in [0.25, 0.3) is 0 Å². The fourth-order valence-corrected chi connectivity index (χ4v) is 3.76. The normalized spacial score (nSPS) is 12.0. The van der Waals surface area contributed by atoms with Crippen LogP contribution in [0.15, 0.2) is 48.5 Å². The maximum absolute atomic E-state index is 5.56. The molecule has 0 aliphatic heterocycles. The molecule has 130 valence electrons. The topological polar surface area (TPSA) is 37.4 Å². The number of hydrogen-bond acceptors (Lipinski definition) is 4. The third-order valence-corrected chi connectivity index (χ3v) is 5.58. The summed E-state index contributed by atoms with van der Waals surface area (Å²) in [6, 6.07) is 16.1. The summed E-state index contributed by atoms with van der Waals surface area (Å²) >= 11 is 7.27. The molecule has 6 heteroatoms. The Balaban J connectivity index is 1.68. The van der Waals surface area contributed by atoms with Crippen molar-refractivity contribution in [3.63, 3.8) is 0 Å². The van der Waals surface area contributed by atoms with E-state index in [1.165, 1.54) is 4.70 Å². The number of thiazole rings is 1. The second-order valence-corrected chi connectivity index (χ2v) is 7.14. The van der Waals surface area contributed by atoms with Gasteiger partial charge in [-0.15, -0.1) is 11.3 Å². The molecule has 1 aromatic heterocycles. The second kappa shape index (κ2) is 7.80. The van der Waals surface area contributed by atoms with E-state index in [1.54, 1.807) is 11.3 Å². The van der Waals surface area contributed by atoms with Gasteiger partial charge in [-0.2, -0.15) is 0 Å². The average molecular weight is 372 g/mol. The van der Waals surface area contributed by atoms with Gasteiger partial charge in [0.05, 0.1) is 22.9 Å². The summed E-state index contributed by atoms with van der Waals surface area (Å²) in [5.74, 6) is 0.857. The third kappa shape index (κ3) is 4.08. The van der Waals surface area contributed by atoms with Crippen molar-refractivity contribution in [3.8, 4) is 5.75 Å². The number of fused-ring (bicyclic) bond motifs is 1. The molecule has 0 unspecified atom stereocenters. The summed E-state index contributed by atoms with van der Waals surface area (Å²) in [5, 5.41) is 4.99. The number of nitrogens with one attached hydrogen (secondary N) is 1. The minimum absolute atomic E-state index is 0.0973. The van der Waals surface area contributed by atoms with Crippen LogP contribution in [0.2, 0.25) is 0 Å². The van der Waals surface area contributed by atoms with E-state index in [2.05, 4.69) is 18.3 Å². The predicted octanol–water partition coefficient (Wildman–Crippen LogP) is 5.08. The molecule has 3 aromatic rings. The lowest BCUT2D eigenvalue weighted by Gasteiger charge is -2.26. The molecule has 1 heterocycles. The number of para-hydroxylation sites is 1. The molecule has 0 bridgehead atoms. The largest absolute Gasteiger partial charge is 0.494 e. The Kier molecular flexibility index (Phi) is 5.50. The Morgan fingerprint density at radius 2 is 1.96 bits per heavy atom. The van der Waals surface area contributed by atoms with E-state index in [4.69, 9.17) is 21.9 Å². The van der Waals surface area contributed by atoms with Crippen molar-refractivity contribution >= 4 is 44.6 Å². The Labute approximate surface area is 157 Å². The van der Waals surface area contributed by atoms with Crippen molar-refractivity contribution in [1.82, 2.24) is 9.88 Å². The first-order chi connectivity index (χ1) is 12.1. The number of thiocarbonyl (C=S) groups is 1. The second-order valence-electron chi connectivity index (χ2n) is 5.69. The van der Waals surface area contributed by atoms with Crippen LogP contribution in [0.5, 0.6) is 5.75 Å². The van der Waals surface area contributed by atoms with Crippen LogP contribution in [0.3, 0.4) is 0 Å². The zero-order valence-corrected chi connectivity index (χ0v) is 16.2. The van der Waals surface area contributed by atoms with Gasteiger partial charge in [0, 0.05) is 12.7 Å². The van der Waals surface area contributed by atoms with Crippen LogP contribution in [-0.4, -0.2) is 28.7 Å². The van der Waals surface area contributed by atoms with Gasteiger partial charge in [-0.1, -0.05) is 12.1 Å². The van der Waals surface area contributed by atoms with Crippen LogP contribution in [-0.2, 0) is 0 Å². The third-order valence-electron chi connectivity index (χ3n) is 3.99. The van der Waals surface area contributed by atoms with Crippen molar-refractivity contribution in [3.05, 3.63) is 53.5 Å². The lowest BCUT2D eigenvalue weighted by molar-refractivity contribution is 0.340. The molecular weight excluding hydrogens is 350 g/mol. The van der Waals surface area contributed by atoms with Crippen molar-refractivity contribution in [2.24, 2.45) is 0 Å². The predicted molar refractivity (Wildman–Crippen MR) is 110 cm³/mol. The first-order valence-corrected chi connectivity index (χ1v) is 9.43. The number of aromatic nitrogens is 1. The van der Waals surface area contributed by atoms with Gasteiger partial charge in [0.15, 0.2) is 5.11 Å². The van der Waals surface area contributed by atoms with Crippen molar-refractivity contribution < 1.29 is 4.74 Å². The molecule has 25 heavy (non-hydrogen) atoms. The lowest BCUT2D eigenvalue weighted by atomic mass is 10.3. The summed E-state index contributed by atoms with van der Waals surface area (Å²) < 4.78 is 6.66. The molecule has 0 spiro atoms. The summed E-state index contributed by atoms with van der Waals surface area (Å²) in [6.07, 6.45) is 0. The van der Waals surface area contributed by atoms with E-state index >= 15 is 0 Å². The van der Waals surface area contributed by atoms with E-state index in [9.17, 15) is 0 Å². The standard InChI is InChI=1S/C19H21N3OS2/c1-4-23-15-11-9-14(10-12-15)20-19(24)22(3)13(2)18-21-16-7-5-6-8-17(16)25-18/h5-13H,4H2,1-3H3,(H,20,24)/t13-/m0/s1. The first kappa shape index (κ1) is 17.6. The molecule has 2 aromatic carbocycles. The summed E-state index contributed by atoms with van der Waals surface area (Å²) in [6.45, 7) is 4.75. The van der Waals surface area contributed by atoms with Gasteiger partial charge in [-0.3, -0.25) is 0 Å². The molecule has 0 fully saturated rings. The Hall–Kier alpha value is -2.18. The molecule has 3 rings (SSSR count). The van der Waals surface area contributed by atoms with Crippen molar-refractivity contribution in [2.75, 3.05) is 19.0 Å². The monoisotopic (exact) mass is 371 g/mol. The number of rotatable bonds is 5. The molecule has 1 atom stereocenters. The van der Waals surface area contributed by atoms with Gasteiger partial charge in [-0.05, 0) is 62.5 Å². The van der Waals surface area contributed by atoms with Gasteiger partial charge in [0.2, 0.25) is 0 Å². The minimum atomic E-state index is 0.0973. The molecule has 0 amide bonds. The van der Waals surface area contributed by atoms with E-state index < -0.39 is 0 Å². The zero-order chi connectivity index (χ0) is 17.8. The molecule has 0 saturated heterocycles. The first-order valence-electron chi connectivity index (χ1n) is 8.20. The maximum Gasteiger partial charge on any atom is 0.173 e. The molecular formula is C19H21N3OS2. The molecule has 1 N–H and O–H groups in total. The SMILES string of the molecule is CCOc1ccc(NC(=S)N(C)[C@@H](C)c2nc3ccccc3s2)cc1. The highest BCUT2D eigenvalue weighted by Crippen LogP contribution is 2.29. The summed E-state index contributed by atoms with van der Waals surface area (Å²) in [4.78, 5) is 6.76. The molecule has 0 radical (unpaired) electrons. The Morgan fingerprint density at radius 3 is 2.64 bits per heavy atom. The number of nitrogens with zero attached hydrogens (tertiary/aromatic N) is 2. The quantitative estimate of drug-likeness (QED) is 0.633. The van der Waals surface area contributed by atoms with Crippen LogP contribution < -0.4 is 10.1 Å². The smallest absolute Gasteiger partial charge is 0.173 e. The van der Waals surface area contributed by atoms with Crippen LogP contribution in [0.4, 0.5) is 5.69 Å². The van der Waals surface area contributed by atoms with Gasteiger partial charge < -0.3 is 15.0 Å². The molecule has 0 saturated carbocycles. The van der Waals surface area contributed by atoms with E-state index in [0.29, 0.717) is 11.7 Å².